The summed E-state index contributed by atoms with van der Waals surface area (Å²) in [5.74, 6) is 0. The van der Waals surface area contributed by atoms with Crippen molar-refractivity contribution in [2.75, 3.05) is 19.6 Å². The summed E-state index contributed by atoms with van der Waals surface area (Å²) in [5, 5.41) is 0. The molecule has 2 N–H and O–H groups in total. The van der Waals surface area contributed by atoms with Crippen molar-refractivity contribution >= 4 is 0 Å². The topological polar surface area (TPSA) is 38.5 Å². The summed E-state index contributed by atoms with van der Waals surface area (Å²) in [4.78, 5) is 2.59. The molecule has 2 atom stereocenters. The maximum absolute atomic E-state index is 5.84. The zero-order valence-corrected chi connectivity index (χ0v) is 12.2. The van der Waals surface area contributed by atoms with Gasteiger partial charge in [0, 0.05) is 12.6 Å². The van der Waals surface area contributed by atoms with Crippen LogP contribution < -0.4 is 5.73 Å². The van der Waals surface area contributed by atoms with Crippen molar-refractivity contribution in [2.45, 2.75) is 65.7 Å². The maximum atomic E-state index is 5.84. The van der Waals surface area contributed by atoms with Gasteiger partial charge in [-0.05, 0) is 45.2 Å². The van der Waals surface area contributed by atoms with Crippen molar-refractivity contribution in [1.29, 1.82) is 0 Å². The summed E-state index contributed by atoms with van der Waals surface area (Å²) >= 11 is 0. The lowest BCUT2D eigenvalue weighted by atomic mass is 9.90. The molecule has 0 aliphatic carbocycles. The molecule has 1 fully saturated rings. The molecule has 17 heavy (non-hydrogen) atoms. The highest BCUT2D eigenvalue weighted by Gasteiger charge is 2.30. The van der Waals surface area contributed by atoms with Gasteiger partial charge in [-0.25, -0.2) is 0 Å². The third-order valence-corrected chi connectivity index (χ3v) is 3.78. The monoisotopic (exact) mass is 242 g/mol. The molecule has 0 saturated carbocycles. The van der Waals surface area contributed by atoms with Gasteiger partial charge < -0.3 is 10.5 Å². The zero-order chi connectivity index (χ0) is 13.1. The van der Waals surface area contributed by atoms with E-state index in [1.54, 1.807) is 0 Å². The molecule has 1 saturated heterocycles. The van der Waals surface area contributed by atoms with Crippen molar-refractivity contribution in [3.8, 4) is 0 Å². The molecule has 0 bridgehead atoms. The lowest BCUT2D eigenvalue weighted by Gasteiger charge is -2.42. The summed E-state index contributed by atoms with van der Waals surface area (Å²) in [6.45, 7) is 14.1. The van der Waals surface area contributed by atoms with Crippen LogP contribution >= 0.6 is 0 Å². The fraction of sp³-hybridized carbons (Fsp3) is 1.00. The summed E-state index contributed by atoms with van der Waals surface area (Å²) in [6.07, 6.45) is 3.08. The molecule has 3 nitrogen and oxygen atoms in total. The summed E-state index contributed by atoms with van der Waals surface area (Å²) in [6, 6.07) is 0.657. The van der Waals surface area contributed by atoms with E-state index in [2.05, 4.69) is 39.5 Å². The van der Waals surface area contributed by atoms with E-state index in [1.807, 2.05) is 0 Å². The normalized spacial score (nSPS) is 30.9. The van der Waals surface area contributed by atoms with Crippen LogP contribution in [0.25, 0.3) is 0 Å². The van der Waals surface area contributed by atoms with Crippen molar-refractivity contribution < 1.29 is 4.74 Å². The largest absolute Gasteiger partial charge is 0.375 e. The Kier molecular flexibility index (Phi) is 5.42. The highest BCUT2D eigenvalue weighted by atomic mass is 16.5. The van der Waals surface area contributed by atoms with Gasteiger partial charge in [-0.2, -0.15) is 0 Å². The Morgan fingerprint density at radius 2 is 1.76 bits per heavy atom. The van der Waals surface area contributed by atoms with E-state index in [0.29, 0.717) is 18.2 Å². The van der Waals surface area contributed by atoms with Crippen LogP contribution in [-0.4, -0.2) is 42.8 Å². The number of hydrogen-bond acceptors (Lipinski definition) is 3. The van der Waals surface area contributed by atoms with E-state index in [1.165, 1.54) is 0 Å². The Morgan fingerprint density at radius 1 is 1.24 bits per heavy atom. The predicted molar refractivity (Wildman–Crippen MR) is 73.1 cm³/mol. The first-order valence-electron chi connectivity index (χ1n) is 6.97. The standard InChI is InChI=1S/C14H30N2O/c1-6-16(10-14(4,5)9-15)13-7-11(2)17-12(3)8-13/h11-13H,6-10,15H2,1-5H3. The van der Waals surface area contributed by atoms with Gasteiger partial charge in [0.1, 0.15) is 0 Å². The lowest BCUT2D eigenvalue weighted by molar-refractivity contribution is -0.0686. The SMILES string of the molecule is CCN(CC(C)(C)CN)C1CC(C)OC(C)C1. The van der Waals surface area contributed by atoms with E-state index < -0.39 is 0 Å². The van der Waals surface area contributed by atoms with Crippen LogP contribution in [0.4, 0.5) is 0 Å². The Hall–Kier alpha value is -0.120. The fourth-order valence-electron chi connectivity index (χ4n) is 2.78. The minimum absolute atomic E-state index is 0.209. The van der Waals surface area contributed by atoms with Gasteiger partial charge in [0.05, 0.1) is 12.2 Å². The minimum atomic E-state index is 0.209. The lowest BCUT2D eigenvalue weighted by Crippen LogP contribution is -2.48. The van der Waals surface area contributed by atoms with Gasteiger partial charge >= 0.3 is 0 Å². The average molecular weight is 242 g/mol. The van der Waals surface area contributed by atoms with E-state index >= 15 is 0 Å². The van der Waals surface area contributed by atoms with Gasteiger partial charge in [-0.15, -0.1) is 0 Å². The second kappa shape index (κ2) is 6.17. The van der Waals surface area contributed by atoms with E-state index in [9.17, 15) is 0 Å². The Bertz CT molecular complexity index is 220. The number of nitrogens with two attached hydrogens (primary N) is 1. The average Bonchev–Trinajstić information content (AvgIpc) is 2.24. The van der Waals surface area contributed by atoms with E-state index in [-0.39, 0.29) is 5.41 Å². The first-order valence-corrected chi connectivity index (χ1v) is 6.97. The summed E-state index contributed by atoms with van der Waals surface area (Å²) in [7, 11) is 0. The van der Waals surface area contributed by atoms with Gasteiger partial charge in [-0.3, -0.25) is 4.90 Å². The second-order valence-corrected chi connectivity index (χ2v) is 6.31. The van der Waals surface area contributed by atoms with E-state index in [0.717, 1.165) is 32.5 Å². The molecule has 1 aliphatic rings. The smallest absolute Gasteiger partial charge is 0.0565 e. The number of ether oxygens (including phenoxy) is 1. The second-order valence-electron chi connectivity index (χ2n) is 6.31. The molecule has 2 unspecified atom stereocenters. The molecule has 0 amide bonds. The first kappa shape index (κ1) is 14.9. The fourth-order valence-corrected chi connectivity index (χ4v) is 2.78. The van der Waals surface area contributed by atoms with Gasteiger partial charge in [0.2, 0.25) is 0 Å². The highest BCUT2D eigenvalue weighted by Crippen LogP contribution is 2.26. The molecule has 0 spiro atoms. The van der Waals surface area contributed by atoms with Crippen molar-refractivity contribution in [3.05, 3.63) is 0 Å². The molecular formula is C14H30N2O. The van der Waals surface area contributed by atoms with Crippen LogP contribution in [0.2, 0.25) is 0 Å². The van der Waals surface area contributed by atoms with Gasteiger partial charge in [0.15, 0.2) is 0 Å². The van der Waals surface area contributed by atoms with Gasteiger partial charge in [0.25, 0.3) is 0 Å². The van der Waals surface area contributed by atoms with Crippen LogP contribution in [0.3, 0.4) is 0 Å². The Balaban J connectivity index is 2.60. The van der Waals surface area contributed by atoms with E-state index in [4.69, 9.17) is 10.5 Å². The van der Waals surface area contributed by atoms with Gasteiger partial charge in [-0.1, -0.05) is 20.8 Å². The maximum Gasteiger partial charge on any atom is 0.0565 e. The molecule has 1 aliphatic heterocycles. The zero-order valence-electron chi connectivity index (χ0n) is 12.2. The third-order valence-electron chi connectivity index (χ3n) is 3.78. The predicted octanol–water partition coefficient (Wildman–Crippen LogP) is 2.25. The molecule has 0 aromatic carbocycles. The third kappa shape index (κ3) is 4.57. The molecule has 0 aromatic rings. The molecule has 102 valence electrons. The minimum Gasteiger partial charge on any atom is -0.375 e. The molecule has 0 radical (unpaired) electrons. The van der Waals surface area contributed by atoms with Crippen LogP contribution in [0.15, 0.2) is 0 Å². The molecule has 1 rings (SSSR count). The Labute approximate surface area is 107 Å². The number of rotatable bonds is 5. The van der Waals surface area contributed by atoms with Crippen molar-refractivity contribution in [2.24, 2.45) is 11.1 Å². The first-order chi connectivity index (χ1) is 7.88. The highest BCUT2D eigenvalue weighted by molar-refractivity contribution is 4.84. The van der Waals surface area contributed by atoms with Crippen LogP contribution in [0.1, 0.15) is 47.5 Å². The van der Waals surface area contributed by atoms with Crippen LogP contribution in [-0.2, 0) is 4.74 Å². The summed E-state index contributed by atoms with van der Waals surface area (Å²) < 4.78 is 5.82. The van der Waals surface area contributed by atoms with Crippen molar-refractivity contribution in [3.63, 3.8) is 0 Å². The number of hydrogen-bond donors (Lipinski definition) is 1. The number of nitrogens with zero attached hydrogens (tertiary/aromatic N) is 1. The van der Waals surface area contributed by atoms with Crippen molar-refractivity contribution in [1.82, 2.24) is 4.90 Å². The summed E-state index contributed by atoms with van der Waals surface area (Å²) in [5.41, 5.74) is 6.05. The van der Waals surface area contributed by atoms with Crippen LogP contribution in [0.5, 0.6) is 0 Å². The quantitative estimate of drug-likeness (QED) is 0.803. The molecule has 0 aromatic heterocycles. The van der Waals surface area contributed by atoms with Crippen LogP contribution in [0, 0.1) is 5.41 Å². The molecule has 3 heteroatoms. The molecule has 1 heterocycles. The molecular weight excluding hydrogens is 212 g/mol. The Morgan fingerprint density at radius 3 is 2.18 bits per heavy atom.